The van der Waals surface area contributed by atoms with E-state index in [1.54, 1.807) is 0 Å². The van der Waals surface area contributed by atoms with Crippen molar-refractivity contribution in [2.45, 2.75) is 37.5 Å². The van der Waals surface area contributed by atoms with E-state index in [1.807, 2.05) is 12.4 Å². The van der Waals surface area contributed by atoms with Crippen molar-refractivity contribution in [2.24, 2.45) is 0 Å². The van der Waals surface area contributed by atoms with Gasteiger partial charge in [0.15, 0.2) is 0 Å². The molecule has 2 aliphatic rings. The minimum Gasteiger partial charge on any atom is -0.256 e. The zero-order chi connectivity index (χ0) is 19.9. The third-order valence-corrected chi connectivity index (χ3v) is 6.85. The van der Waals surface area contributed by atoms with Gasteiger partial charge in [0.2, 0.25) is 0 Å². The van der Waals surface area contributed by atoms with Gasteiger partial charge in [0.1, 0.15) is 0 Å². The molecule has 2 nitrogen and oxygen atoms in total. The van der Waals surface area contributed by atoms with E-state index in [0.717, 1.165) is 0 Å². The summed E-state index contributed by atoms with van der Waals surface area (Å²) in [6.45, 7) is 0. The summed E-state index contributed by atoms with van der Waals surface area (Å²) in [6.07, 6.45) is 8.65. The topological polar surface area (TPSA) is 25.8 Å². The Kier molecular flexibility index (Phi) is 4.23. The van der Waals surface area contributed by atoms with Crippen LogP contribution in [0.3, 0.4) is 0 Å². The van der Waals surface area contributed by atoms with Crippen molar-refractivity contribution in [1.82, 2.24) is 9.97 Å². The van der Waals surface area contributed by atoms with Crippen LogP contribution in [-0.2, 0) is 0 Å². The van der Waals surface area contributed by atoms with Gasteiger partial charge < -0.3 is 0 Å². The lowest BCUT2D eigenvalue weighted by Crippen LogP contribution is -2.00. The van der Waals surface area contributed by atoms with Gasteiger partial charge in [-0.15, -0.1) is 0 Å². The Hall–Kier alpha value is -3.26. The Morgan fingerprint density at radius 2 is 0.933 bits per heavy atom. The highest BCUT2D eigenvalue weighted by molar-refractivity contribution is 5.76. The standard InChI is InChI=1S/C28H24N2/c1(9-21-19-11-3-5-13-23(19)27-25(21)15-7-17-29-27)2-10-22-20-12-4-6-14-24(20)28-26(22)16-8-18-30-28/h3-8,11-18,21-22H,1-2,9-10H2. The molecule has 0 aliphatic heterocycles. The molecule has 0 saturated heterocycles. The van der Waals surface area contributed by atoms with E-state index in [9.17, 15) is 0 Å². The van der Waals surface area contributed by atoms with E-state index in [0.29, 0.717) is 11.8 Å². The molecule has 2 unspecified atom stereocenters. The summed E-state index contributed by atoms with van der Waals surface area (Å²) >= 11 is 0. The van der Waals surface area contributed by atoms with Gasteiger partial charge in [-0.2, -0.15) is 0 Å². The molecule has 30 heavy (non-hydrogen) atoms. The Bertz CT molecular complexity index is 1040. The van der Waals surface area contributed by atoms with Gasteiger partial charge in [-0.1, -0.05) is 73.5 Å². The van der Waals surface area contributed by atoms with E-state index < -0.39 is 0 Å². The first-order chi connectivity index (χ1) is 14.9. The monoisotopic (exact) mass is 388 g/mol. The first kappa shape index (κ1) is 17.6. The van der Waals surface area contributed by atoms with E-state index in [2.05, 4.69) is 82.8 Å². The van der Waals surface area contributed by atoms with Gasteiger partial charge >= 0.3 is 0 Å². The molecule has 0 radical (unpaired) electrons. The van der Waals surface area contributed by atoms with Crippen molar-refractivity contribution in [3.63, 3.8) is 0 Å². The normalized spacial score (nSPS) is 17.9. The molecule has 2 aromatic heterocycles. The smallest absolute Gasteiger partial charge is 0.0743 e. The Labute approximate surface area is 177 Å². The maximum atomic E-state index is 4.69. The molecule has 0 amide bonds. The number of hydrogen-bond acceptors (Lipinski definition) is 2. The number of benzene rings is 2. The largest absolute Gasteiger partial charge is 0.256 e. The summed E-state index contributed by atoms with van der Waals surface area (Å²) in [5.74, 6) is 0.962. The number of aromatic nitrogens is 2. The van der Waals surface area contributed by atoms with Crippen LogP contribution in [0.2, 0.25) is 0 Å². The molecular formula is C28H24N2. The van der Waals surface area contributed by atoms with Crippen molar-refractivity contribution in [3.8, 4) is 22.5 Å². The van der Waals surface area contributed by atoms with Gasteiger partial charge in [-0.25, -0.2) is 0 Å². The van der Waals surface area contributed by atoms with Crippen molar-refractivity contribution in [2.75, 3.05) is 0 Å². The average molecular weight is 389 g/mol. The molecular weight excluding hydrogens is 364 g/mol. The molecule has 0 fully saturated rings. The number of nitrogens with zero attached hydrogens (tertiary/aromatic N) is 2. The molecule has 2 heterocycles. The van der Waals surface area contributed by atoms with E-state index >= 15 is 0 Å². The van der Waals surface area contributed by atoms with Gasteiger partial charge in [-0.05, 0) is 47.2 Å². The predicted molar refractivity (Wildman–Crippen MR) is 122 cm³/mol. The van der Waals surface area contributed by atoms with Crippen LogP contribution in [0.25, 0.3) is 22.5 Å². The zero-order valence-electron chi connectivity index (χ0n) is 17.0. The Morgan fingerprint density at radius 1 is 0.500 bits per heavy atom. The van der Waals surface area contributed by atoms with Crippen LogP contribution in [0.4, 0.5) is 0 Å². The summed E-state index contributed by atoms with van der Waals surface area (Å²) in [5, 5.41) is 0. The lowest BCUT2D eigenvalue weighted by atomic mass is 9.88. The van der Waals surface area contributed by atoms with Crippen molar-refractivity contribution in [1.29, 1.82) is 0 Å². The molecule has 0 spiro atoms. The van der Waals surface area contributed by atoms with Crippen molar-refractivity contribution in [3.05, 3.63) is 107 Å². The molecule has 146 valence electrons. The Morgan fingerprint density at radius 3 is 1.43 bits per heavy atom. The van der Waals surface area contributed by atoms with Gasteiger partial charge in [0, 0.05) is 35.4 Å². The second kappa shape index (κ2) is 7.21. The molecule has 2 heteroatoms. The molecule has 0 saturated carbocycles. The van der Waals surface area contributed by atoms with Crippen molar-refractivity contribution >= 4 is 0 Å². The molecule has 2 aromatic carbocycles. The first-order valence-electron chi connectivity index (χ1n) is 11.0. The number of unbranched alkanes of at least 4 members (excludes halogenated alkanes) is 1. The van der Waals surface area contributed by atoms with Crippen LogP contribution in [0.15, 0.2) is 85.2 Å². The highest BCUT2D eigenvalue weighted by Crippen LogP contribution is 2.47. The summed E-state index contributed by atoms with van der Waals surface area (Å²) < 4.78 is 0. The maximum absolute atomic E-state index is 4.69. The summed E-state index contributed by atoms with van der Waals surface area (Å²) in [6, 6.07) is 26.3. The summed E-state index contributed by atoms with van der Waals surface area (Å²) in [4.78, 5) is 9.37. The minimum absolute atomic E-state index is 0.481. The first-order valence-corrected chi connectivity index (χ1v) is 11.0. The maximum Gasteiger partial charge on any atom is 0.0743 e. The number of rotatable bonds is 5. The van der Waals surface area contributed by atoms with Crippen LogP contribution in [0.1, 0.15) is 59.8 Å². The number of fused-ring (bicyclic) bond motifs is 6. The minimum atomic E-state index is 0.481. The fraction of sp³-hybridized carbons (Fsp3) is 0.214. The van der Waals surface area contributed by atoms with Crippen LogP contribution in [0.5, 0.6) is 0 Å². The van der Waals surface area contributed by atoms with Gasteiger partial charge in [-0.3, -0.25) is 9.97 Å². The quantitative estimate of drug-likeness (QED) is 0.345. The number of hydrogen-bond donors (Lipinski definition) is 0. The van der Waals surface area contributed by atoms with E-state index in [-0.39, 0.29) is 0 Å². The Balaban J connectivity index is 1.19. The van der Waals surface area contributed by atoms with E-state index in [4.69, 9.17) is 0 Å². The molecule has 0 N–H and O–H groups in total. The van der Waals surface area contributed by atoms with Crippen LogP contribution >= 0.6 is 0 Å². The molecule has 6 rings (SSSR count). The molecule has 2 aliphatic carbocycles. The lowest BCUT2D eigenvalue weighted by molar-refractivity contribution is 0.583. The van der Waals surface area contributed by atoms with Crippen LogP contribution in [-0.4, -0.2) is 9.97 Å². The second-order valence-corrected chi connectivity index (χ2v) is 8.45. The van der Waals surface area contributed by atoms with Gasteiger partial charge in [0.25, 0.3) is 0 Å². The third kappa shape index (κ3) is 2.71. The molecule has 2 atom stereocenters. The van der Waals surface area contributed by atoms with Gasteiger partial charge in [0.05, 0.1) is 11.4 Å². The average Bonchev–Trinajstić information content (AvgIpc) is 3.30. The van der Waals surface area contributed by atoms with Crippen LogP contribution < -0.4 is 0 Å². The van der Waals surface area contributed by atoms with E-state index in [1.165, 1.54) is 70.5 Å². The number of pyridine rings is 2. The van der Waals surface area contributed by atoms with Crippen molar-refractivity contribution < 1.29 is 0 Å². The predicted octanol–water partition coefficient (Wildman–Crippen LogP) is 6.96. The lowest BCUT2D eigenvalue weighted by Gasteiger charge is -2.16. The molecule has 0 bridgehead atoms. The highest BCUT2D eigenvalue weighted by Gasteiger charge is 2.30. The fourth-order valence-electron chi connectivity index (χ4n) is 5.53. The second-order valence-electron chi connectivity index (χ2n) is 8.45. The highest BCUT2D eigenvalue weighted by atomic mass is 14.7. The zero-order valence-corrected chi connectivity index (χ0v) is 17.0. The fourth-order valence-corrected chi connectivity index (χ4v) is 5.53. The summed E-state index contributed by atoms with van der Waals surface area (Å²) in [7, 11) is 0. The SMILES string of the molecule is c1ccc2c(c1)-c1ncccc1C2CCCCC1c2ccccc2-c2ncccc21. The third-order valence-electron chi connectivity index (χ3n) is 6.85. The summed E-state index contributed by atoms with van der Waals surface area (Å²) in [5.41, 5.74) is 10.7. The van der Waals surface area contributed by atoms with Crippen LogP contribution in [0, 0.1) is 0 Å². The molecule has 4 aromatic rings.